The molecule has 1 saturated heterocycles. The van der Waals surface area contributed by atoms with Gasteiger partial charge in [-0.1, -0.05) is 0 Å². The monoisotopic (exact) mass is 362 g/mol. The van der Waals surface area contributed by atoms with Crippen LogP contribution in [0.2, 0.25) is 0 Å². The standard InChI is InChI=1S/C19H18N6O2/c26-19(18-14-5-6-16-15(11-20-22-16)17(14)23-24-18)21-12-1-3-13(4-2-12)25-7-9-27-10-8-25/h1-6,11H,7-10H2,(H,20,22)(H,21,26)(H,23,24). The van der Waals surface area contributed by atoms with Crippen molar-refractivity contribution < 1.29 is 9.53 Å². The van der Waals surface area contributed by atoms with E-state index in [4.69, 9.17) is 4.74 Å². The molecule has 0 bridgehead atoms. The number of aromatic amines is 2. The van der Waals surface area contributed by atoms with Crippen molar-refractivity contribution in [2.75, 3.05) is 36.5 Å². The van der Waals surface area contributed by atoms with Crippen LogP contribution in [-0.2, 0) is 4.74 Å². The third-order valence-electron chi connectivity index (χ3n) is 4.87. The van der Waals surface area contributed by atoms with Crippen molar-refractivity contribution in [2.45, 2.75) is 0 Å². The highest BCUT2D eigenvalue weighted by atomic mass is 16.5. The van der Waals surface area contributed by atoms with Crippen LogP contribution in [-0.4, -0.2) is 52.6 Å². The number of rotatable bonds is 3. The number of fused-ring (bicyclic) bond motifs is 3. The lowest BCUT2D eigenvalue weighted by Gasteiger charge is -2.28. The second-order valence-electron chi connectivity index (χ2n) is 6.49. The Balaban J connectivity index is 1.37. The van der Waals surface area contributed by atoms with Gasteiger partial charge < -0.3 is 15.0 Å². The Kier molecular flexibility index (Phi) is 3.75. The molecule has 2 aromatic heterocycles. The highest BCUT2D eigenvalue weighted by molar-refractivity contribution is 6.15. The van der Waals surface area contributed by atoms with Gasteiger partial charge in [0, 0.05) is 35.2 Å². The van der Waals surface area contributed by atoms with Crippen LogP contribution in [0.15, 0.2) is 42.6 Å². The fraction of sp³-hybridized carbons (Fsp3) is 0.211. The lowest BCUT2D eigenvalue weighted by atomic mass is 10.1. The lowest BCUT2D eigenvalue weighted by molar-refractivity contribution is 0.102. The average molecular weight is 362 g/mol. The van der Waals surface area contributed by atoms with Crippen molar-refractivity contribution >= 4 is 39.1 Å². The minimum absolute atomic E-state index is 0.223. The maximum Gasteiger partial charge on any atom is 0.274 e. The highest BCUT2D eigenvalue weighted by Gasteiger charge is 2.16. The van der Waals surface area contributed by atoms with Gasteiger partial charge in [0.05, 0.1) is 24.9 Å². The van der Waals surface area contributed by atoms with E-state index in [0.717, 1.165) is 59.5 Å². The molecule has 4 aromatic rings. The first-order valence-corrected chi connectivity index (χ1v) is 8.84. The van der Waals surface area contributed by atoms with E-state index in [2.05, 4.69) is 30.6 Å². The number of hydrogen-bond acceptors (Lipinski definition) is 5. The summed E-state index contributed by atoms with van der Waals surface area (Å²) in [5.74, 6) is -0.223. The van der Waals surface area contributed by atoms with Crippen molar-refractivity contribution in [3.8, 4) is 0 Å². The number of benzene rings is 2. The Morgan fingerprint density at radius 1 is 1.04 bits per heavy atom. The number of hydrogen-bond donors (Lipinski definition) is 3. The van der Waals surface area contributed by atoms with Gasteiger partial charge in [0.25, 0.3) is 5.91 Å². The van der Waals surface area contributed by atoms with Crippen LogP contribution in [0.1, 0.15) is 10.5 Å². The summed E-state index contributed by atoms with van der Waals surface area (Å²) < 4.78 is 5.38. The lowest BCUT2D eigenvalue weighted by Crippen LogP contribution is -2.36. The average Bonchev–Trinajstić information content (AvgIpc) is 3.35. The molecule has 8 nitrogen and oxygen atoms in total. The Morgan fingerprint density at radius 3 is 2.67 bits per heavy atom. The van der Waals surface area contributed by atoms with Gasteiger partial charge in [-0.2, -0.15) is 10.2 Å². The Bertz CT molecular complexity index is 1110. The number of amides is 1. The number of carbonyl (C=O) groups excluding carboxylic acids is 1. The molecular formula is C19H18N6O2. The van der Waals surface area contributed by atoms with Crippen molar-refractivity contribution in [2.24, 2.45) is 0 Å². The third-order valence-corrected chi connectivity index (χ3v) is 4.87. The number of morpholine rings is 1. The number of nitrogens with zero attached hydrogens (tertiary/aromatic N) is 3. The predicted molar refractivity (Wildman–Crippen MR) is 103 cm³/mol. The second kappa shape index (κ2) is 6.40. The van der Waals surface area contributed by atoms with E-state index in [9.17, 15) is 4.79 Å². The summed E-state index contributed by atoms with van der Waals surface area (Å²) in [5, 5.41) is 18.7. The zero-order chi connectivity index (χ0) is 18.2. The largest absolute Gasteiger partial charge is 0.378 e. The van der Waals surface area contributed by atoms with Gasteiger partial charge in [-0.25, -0.2) is 0 Å². The zero-order valence-electron chi connectivity index (χ0n) is 14.5. The van der Waals surface area contributed by atoms with E-state index >= 15 is 0 Å². The van der Waals surface area contributed by atoms with Gasteiger partial charge in [0.2, 0.25) is 0 Å². The van der Waals surface area contributed by atoms with Crippen molar-refractivity contribution in [3.05, 3.63) is 48.3 Å². The van der Waals surface area contributed by atoms with Crippen LogP contribution < -0.4 is 10.2 Å². The molecule has 3 N–H and O–H groups in total. The molecular weight excluding hydrogens is 344 g/mol. The third kappa shape index (κ3) is 2.80. The topological polar surface area (TPSA) is 98.9 Å². The van der Waals surface area contributed by atoms with Crippen LogP contribution >= 0.6 is 0 Å². The molecule has 1 fully saturated rings. The van der Waals surface area contributed by atoms with Gasteiger partial charge in [-0.3, -0.25) is 15.0 Å². The number of anilines is 2. The first kappa shape index (κ1) is 15.8. The molecule has 136 valence electrons. The van der Waals surface area contributed by atoms with Crippen LogP contribution in [0.3, 0.4) is 0 Å². The molecule has 0 spiro atoms. The maximum absolute atomic E-state index is 12.7. The fourth-order valence-corrected chi connectivity index (χ4v) is 3.44. The molecule has 0 unspecified atom stereocenters. The highest BCUT2D eigenvalue weighted by Crippen LogP contribution is 2.25. The minimum Gasteiger partial charge on any atom is -0.378 e. The van der Waals surface area contributed by atoms with E-state index in [1.54, 1.807) is 6.20 Å². The van der Waals surface area contributed by atoms with E-state index in [-0.39, 0.29) is 5.91 Å². The fourth-order valence-electron chi connectivity index (χ4n) is 3.44. The predicted octanol–water partition coefficient (Wildman–Crippen LogP) is 2.53. The molecule has 1 aliphatic heterocycles. The molecule has 1 amide bonds. The number of aromatic nitrogens is 4. The molecule has 8 heteroatoms. The molecule has 1 aliphatic rings. The minimum atomic E-state index is -0.223. The van der Waals surface area contributed by atoms with Crippen molar-refractivity contribution in [1.29, 1.82) is 0 Å². The molecule has 0 atom stereocenters. The first-order valence-electron chi connectivity index (χ1n) is 8.84. The summed E-state index contributed by atoms with van der Waals surface area (Å²) in [4.78, 5) is 15.0. The summed E-state index contributed by atoms with van der Waals surface area (Å²) in [6.07, 6.45) is 1.71. The summed E-state index contributed by atoms with van der Waals surface area (Å²) in [5.41, 5.74) is 3.92. The van der Waals surface area contributed by atoms with Crippen LogP contribution in [0.4, 0.5) is 11.4 Å². The SMILES string of the molecule is O=C(Nc1ccc(N2CCOCC2)cc1)c1[nH]nc2c1ccc1[nH]ncc12. The molecule has 0 radical (unpaired) electrons. The van der Waals surface area contributed by atoms with Crippen LogP contribution in [0.5, 0.6) is 0 Å². The van der Waals surface area contributed by atoms with Gasteiger partial charge in [0.15, 0.2) is 0 Å². The quantitative estimate of drug-likeness (QED) is 0.520. The first-order chi connectivity index (χ1) is 13.3. The van der Waals surface area contributed by atoms with Crippen molar-refractivity contribution in [1.82, 2.24) is 20.4 Å². The van der Waals surface area contributed by atoms with E-state index in [1.807, 2.05) is 36.4 Å². The van der Waals surface area contributed by atoms with Crippen molar-refractivity contribution in [3.63, 3.8) is 0 Å². The normalized spacial score (nSPS) is 14.7. The summed E-state index contributed by atoms with van der Waals surface area (Å²) in [6.45, 7) is 3.26. The molecule has 0 saturated carbocycles. The summed E-state index contributed by atoms with van der Waals surface area (Å²) in [6, 6.07) is 11.6. The second-order valence-corrected chi connectivity index (χ2v) is 6.49. The van der Waals surface area contributed by atoms with Gasteiger partial charge in [-0.15, -0.1) is 0 Å². The van der Waals surface area contributed by atoms with E-state index < -0.39 is 0 Å². The smallest absolute Gasteiger partial charge is 0.274 e. The maximum atomic E-state index is 12.7. The van der Waals surface area contributed by atoms with Gasteiger partial charge >= 0.3 is 0 Å². The number of nitrogens with one attached hydrogen (secondary N) is 3. The van der Waals surface area contributed by atoms with Crippen LogP contribution in [0, 0.1) is 0 Å². The molecule has 27 heavy (non-hydrogen) atoms. The molecule has 0 aliphatic carbocycles. The number of carbonyl (C=O) groups is 1. The Hall–Kier alpha value is -3.39. The van der Waals surface area contributed by atoms with E-state index in [0.29, 0.717) is 5.69 Å². The molecule has 5 rings (SSSR count). The number of H-pyrrole nitrogens is 2. The zero-order valence-corrected chi connectivity index (χ0v) is 14.5. The summed E-state index contributed by atoms with van der Waals surface area (Å²) in [7, 11) is 0. The Labute approximate surface area is 154 Å². The van der Waals surface area contributed by atoms with Gasteiger partial charge in [0.1, 0.15) is 11.2 Å². The summed E-state index contributed by atoms with van der Waals surface area (Å²) >= 11 is 0. The molecule has 3 heterocycles. The van der Waals surface area contributed by atoms with Gasteiger partial charge in [-0.05, 0) is 36.4 Å². The Morgan fingerprint density at radius 2 is 1.85 bits per heavy atom. The van der Waals surface area contributed by atoms with E-state index in [1.165, 1.54) is 0 Å². The number of ether oxygens (including phenoxy) is 1. The van der Waals surface area contributed by atoms with Crippen LogP contribution in [0.25, 0.3) is 21.8 Å². The molecule has 2 aromatic carbocycles.